The Morgan fingerprint density at radius 3 is 3.00 bits per heavy atom. The van der Waals surface area contributed by atoms with Crippen LogP contribution in [0.25, 0.3) is 10.9 Å². The number of benzene rings is 1. The largest absolute Gasteiger partial charge is 0.361 e. The number of hydrogen-bond donors (Lipinski definition) is 1. The van der Waals surface area contributed by atoms with Crippen molar-refractivity contribution >= 4 is 22.5 Å². The molecule has 1 nitrogen and oxygen atoms in total. The van der Waals surface area contributed by atoms with Crippen LogP contribution in [0.4, 0.5) is 0 Å². The van der Waals surface area contributed by atoms with E-state index in [4.69, 9.17) is 11.6 Å². The van der Waals surface area contributed by atoms with Gasteiger partial charge in [0.15, 0.2) is 0 Å². The number of aromatic nitrogens is 1. The number of aryl methyl sites for hydroxylation is 1. The molecular formula is C10H10ClN. The molecule has 0 spiro atoms. The molecule has 1 aromatic carbocycles. The number of hydrogen-bond acceptors (Lipinski definition) is 0. The Kier molecular flexibility index (Phi) is 1.81. The zero-order valence-corrected chi connectivity index (χ0v) is 7.65. The van der Waals surface area contributed by atoms with Crippen LogP contribution in [0, 0.1) is 6.92 Å². The fourth-order valence-electron chi connectivity index (χ4n) is 1.41. The first-order valence-corrected chi connectivity index (χ1v) is 4.47. The van der Waals surface area contributed by atoms with Gasteiger partial charge in [0.25, 0.3) is 0 Å². The van der Waals surface area contributed by atoms with Crippen LogP contribution in [0.1, 0.15) is 11.1 Å². The fourth-order valence-corrected chi connectivity index (χ4v) is 1.63. The van der Waals surface area contributed by atoms with Gasteiger partial charge in [-0.2, -0.15) is 0 Å². The zero-order chi connectivity index (χ0) is 8.55. The first-order chi connectivity index (χ1) is 5.81. The summed E-state index contributed by atoms with van der Waals surface area (Å²) in [7, 11) is 0. The maximum absolute atomic E-state index is 5.77. The number of alkyl halides is 1. The molecule has 0 amide bonds. The molecule has 0 aliphatic heterocycles. The lowest BCUT2D eigenvalue weighted by Gasteiger charge is -1.94. The van der Waals surface area contributed by atoms with Gasteiger partial charge in [-0.25, -0.2) is 0 Å². The molecule has 12 heavy (non-hydrogen) atoms. The highest BCUT2D eigenvalue weighted by atomic mass is 35.5. The van der Waals surface area contributed by atoms with Crippen LogP contribution in [0.2, 0.25) is 0 Å². The van der Waals surface area contributed by atoms with E-state index in [9.17, 15) is 0 Å². The van der Waals surface area contributed by atoms with Crippen molar-refractivity contribution < 1.29 is 0 Å². The minimum Gasteiger partial charge on any atom is -0.361 e. The van der Waals surface area contributed by atoms with Gasteiger partial charge in [0.05, 0.1) is 0 Å². The fraction of sp³-hybridized carbons (Fsp3) is 0.200. The average Bonchev–Trinajstić information content (AvgIpc) is 2.46. The average molecular weight is 180 g/mol. The molecule has 0 bridgehead atoms. The first kappa shape index (κ1) is 7.69. The molecular weight excluding hydrogens is 170 g/mol. The third-order valence-electron chi connectivity index (χ3n) is 2.07. The van der Waals surface area contributed by atoms with E-state index < -0.39 is 0 Å². The van der Waals surface area contributed by atoms with E-state index in [0.29, 0.717) is 5.88 Å². The molecule has 1 aromatic heterocycles. The van der Waals surface area contributed by atoms with E-state index in [1.165, 1.54) is 22.0 Å². The minimum absolute atomic E-state index is 0.572. The highest BCUT2D eigenvalue weighted by Crippen LogP contribution is 2.20. The number of rotatable bonds is 1. The summed E-state index contributed by atoms with van der Waals surface area (Å²) < 4.78 is 0. The van der Waals surface area contributed by atoms with Crippen molar-refractivity contribution in [3.63, 3.8) is 0 Å². The van der Waals surface area contributed by atoms with Crippen LogP contribution in [0.5, 0.6) is 0 Å². The predicted octanol–water partition coefficient (Wildman–Crippen LogP) is 3.22. The van der Waals surface area contributed by atoms with Crippen LogP contribution in [0.15, 0.2) is 24.4 Å². The van der Waals surface area contributed by atoms with Gasteiger partial charge in [-0.3, -0.25) is 0 Å². The van der Waals surface area contributed by atoms with Crippen molar-refractivity contribution in [1.82, 2.24) is 4.98 Å². The lowest BCUT2D eigenvalue weighted by atomic mass is 10.1. The summed E-state index contributed by atoms with van der Waals surface area (Å²) in [4.78, 5) is 3.20. The van der Waals surface area contributed by atoms with E-state index in [2.05, 4.69) is 30.1 Å². The smallest absolute Gasteiger partial charge is 0.0495 e. The molecule has 0 atom stereocenters. The zero-order valence-electron chi connectivity index (χ0n) is 6.89. The van der Waals surface area contributed by atoms with Gasteiger partial charge in [-0.05, 0) is 24.1 Å². The standard InChI is InChI=1S/C10H10ClN/c1-7-2-3-9-8(5-11)6-12-10(9)4-7/h2-4,6,12H,5H2,1H3. The maximum atomic E-state index is 5.77. The summed E-state index contributed by atoms with van der Waals surface area (Å²) in [5.74, 6) is 0.572. The van der Waals surface area contributed by atoms with Crippen molar-refractivity contribution in [3.8, 4) is 0 Å². The Morgan fingerprint density at radius 1 is 1.42 bits per heavy atom. The predicted molar refractivity (Wildman–Crippen MR) is 52.6 cm³/mol. The lowest BCUT2D eigenvalue weighted by Crippen LogP contribution is -1.74. The molecule has 2 heteroatoms. The second-order valence-electron chi connectivity index (χ2n) is 3.00. The Morgan fingerprint density at radius 2 is 2.25 bits per heavy atom. The number of H-pyrrole nitrogens is 1. The van der Waals surface area contributed by atoms with Crippen LogP contribution in [-0.4, -0.2) is 4.98 Å². The van der Waals surface area contributed by atoms with Gasteiger partial charge in [-0.1, -0.05) is 12.1 Å². The summed E-state index contributed by atoms with van der Waals surface area (Å²) in [5.41, 5.74) is 3.61. The molecule has 2 aromatic rings. The Bertz CT molecular complexity index is 403. The second kappa shape index (κ2) is 2.83. The van der Waals surface area contributed by atoms with E-state index in [0.717, 1.165) is 0 Å². The number of fused-ring (bicyclic) bond motifs is 1. The third-order valence-corrected chi connectivity index (χ3v) is 2.35. The molecule has 1 N–H and O–H groups in total. The lowest BCUT2D eigenvalue weighted by molar-refractivity contribution is 1.39. The van der Waals surface area contributed by atoms with Gasteiger partial charge in [0.2, 0.25) is 0 Å². The van der Waals surface area contributed by atoms with Crippen molar-refractivity contribution in [2.45, 2.75) is 12.8 Å². The first-order valence-electron chi connectivity index (χ1n) is 3.94. The van der Waals surface area contributed by atoms with Crippen molar-refractivity contribution in [1.29, 1.82) is 0 Å². The second-order valence-corrected chi connectivity index (χ2v) is 3.26. The Balaban J connectivity index is 2.73. The maximum Gasteiger partial charge on any atom is 0.0495 e. The normalized spacial score (nSPS) is 10.8. The van der Waals surface area contributed by atoms with Crippen molar-refractivity contribution in [3.05, 3.63) is 35.5 Å². The van der Waals surface area contributed by atoms with Crippen LogP contribution in [-0.2, 0) is 5.88 Å². The number of nitrogens with one attached hydrogen (secondary N) is 1. The van der Waals surface area contributed by atoms with E-state index in [-0.39, 0.29) is 0 Å². The molecule has 0 aliphatic rings. The molecule has 0 aliphatic carbocycles. The molecule has 0 fully saturated rings. The summed E-state index contributed by atoms with van der Waals surface area (Å²) in [5, 5.41) is 1.23. The quantitative estimate of drug-likeness (QED) is 0.647. The van der Waals surface area contributed by atoms with Crippen molar-refractivity contribution in [2.75, 3.05) is 0 Å². The topological polar surface area (TPSA) is 15.8 Å². The SMILES string of the molecule is Cc1ccc2c(CCl)c[nH]c2c1. The van der Waals surface area contributed by atoms with Gasteiger partial charge < -0.3 is 4.98 Å². The van der Waals surface area contributed by atoms with Crippen LogP contribution >= 0.6 is 11.6 Å². The summed E-state index contributed by atoms with van der Waals surface area (Å²) in [6.45, 7) is 2.08. The molecule has 0 unspecified atom stereocenters. The van der Waals surface area contributed by atoms with E-state index >= 15 is 0 Å². The van der Waals surface area contributed by atoms with E-state index in [1.54, 1.807) is 0 Å². The van der Waals surface area contributed by atoms with Gasteiger partial charge in [-0.15, -0.1) is 11.6 Å². The van der Waals surface area contributed by atoms with Crippen LogP contribution < -0.4 is 0 Å². The van der Waals surface area contributed by atoms with E-state index in [1.807, 2.05) is 6.20 Å². The number of halogens is 1. The van der Waals surface area contributed by atoms with Crippen molar-refractivity contribution in [2.24, 2.45) is 0 Å². The molecule has 0 saturated heterocycles. The van der Waals surface area contributed by atoms with Crippen LogP contribution in [0.3, 0.4) is 0 Å². The van der Waals surface area contributed by atoms with Gasteiger partial charge in [0.1, 0.15) is 0 Å². The Labute approximate surface area is 76.4 Å². The van der Waals surface area contributed by atoms with Gasteiger partial charge in [0, 0.05) is 23.0 Å². The highest BCUT2D eigenvalue weighted by Gasteiger charge is 2.00. The highest BCUT2D eigenvalue weighted by molar-refractivity contribution is 6.18. The molecule has 62 valence electrons. The molecule has 1 heterocycles. The van der Waals surface area contributed by atoms with Gasteiger partial charge >= 0.3 is 0 Å². The monoisotopic (exact) mass is 179 g/mol. The summed E-state index contributed by atoms with van der Waals surface area (Å²) >= 11 is 5.77. The number of aromatic amines is 1. The molecule has 2 rings (SSSR count). The molecule has 0 radical (unpaired) electrons. The third kappa shape index (κ3) is 1.10. The summed E-state index contributed by atoms with van der Waals surface area (Å²) in [6.07, 6.45) is 1.97. The minimum atomic E-state index is 0.572. The Hall–Kier alpha value is -0.950. The summed E-state index contributed by atoms with van der Waals surface area (Å²) in [6, 6.07) is 6.34. The molecule has 0 saturated carbocycles.